The summed E-state index contributed by atoms with van der Waals surface area (Å²) in [7, 11) is 1.58. The minimum Gasteiger partial charge on any atom is -0.444 e. The highest BCUT2D eigenvalue weighted by Gasteiger charge is 2.31. The summed E-state index contributed by atoms with van der Waals surface area (Å²) in [6, 6.07) is 9.67. The van der Waals surface area contributed by atoms with E-state index in [-0.39, 0.29) is 42.0 Å². The Bertz CT molecular complexity index is 1790. The first kappa shape index (κ1) is 32.8. The van der Waals surface area contributed by atoms with E-state index in [0.717, 1.165) is 12.8 Å². The van der Waals surface area contributed by atoms with E-state index >= 15 is 0 Å². The average molecular weight is 645 g/mol. The standard InChI is InChI=1S/C32H36N8O7/c1-32(2,3)47-31(45)39(16-19-5-6-19)25-15-21(11-12-34-25)29-36-24(18-46-29)28(43)35-23-17-40(37-26(23)27(33)42)22-9-7-20(8-10-22)30(44)38(4)13-14-41/h7-12,15,17-19,41H,5-6,13-14,16H2,1-4H3,(H2,33,42)(H,35,43). The van der Waals surface area contributed by atoms with Crippen molar-refractivity contribution in [2.24, 2.45) is 11.7 Å². The summed E-state index contributed by atoms with van der Waals surface area (Å²) in [4.78, 5) is 62.4. The fourth-order valence-electron chi connectivity index (χ4n) is 4.54. The molecule has 0 radical (unpaired) electrons. The lowest BCUT2D eigenvalue weighted by molar-refractivity contribution is 0.0576. The number of ether oxygens (including phenoxy) is 1. The van der Waals surface area contributed by atoms with Crippen LogP contribution in [0.3, 0.4) is 0 Å². The maximum atomic E-state index is 13.2. The number of carbonyl (C=O) groups is 4. The summed E-state index contributed by atoms with van der Waals surface area (Å²) >= 11 is 0. The number of nitrogens with zero attached hydrogens (tertiary/aromatic N) is 6. The molecule has 0 atom stereocenters. The summed E-state index contributed by atoms with van der Waals surface area (Å²) < 4.78 is 12.5. The van der Waals surface area contributed by atoms with Gasteiger partial charge in [0, 0.05) is 37.5 Å². The van der Waals surface area contributed by atoms with Gasteiger partial charge >= 0.3 is 6.09 Å². The number of hydrogen-bond acceptors (Lipinski definition) is 10. The van der Waals surface area contributed by atoms with Crippen molar-refractivity contribution in [3.05, 3.63) is 72.0 Å². The molecule has 15 nitrogen and oxygen atoms in total. The van der Waals surface area contributed by atoms with Crippen LogP contribution in [0, 0.1) is 5.92 Å². The zero-order valence-electron chi connectivity index (χ0n) is 26.5. The molecule has 1 saturated carbocycles. The molecule has 1 fully saturated rings. The topological polar surface area (TPSA) is 199 Å². The molecule has 47 heavy (non-hydrogen) atoms. The monoisotopic (exact) mass is 644 g/mol. The first-order valence-corrected chi connectivity index (χ1v) is 14.9. The van der Waals surface area contributed by atoms with Crippen LogP contribution in [0.25, 0.3) is 17.1 Å². The van der Waals surface area contributed by atoms with Crippen LogP contribution in [0.4, 0.5) is 16.3 Å². The highest BCUT2D eigenvalue weighted by atomic mass is 16.6. The number of nitrogens with one attached hydrogen (secondary N) is 1. The van der Waals surface area contributed by atoms with Crippen LogP contribution >= 0.6 is 0 Å². The number of primary amides is 1. The van der Waals surface area contributed by atoms with Gasteiger partial charge in [0.15, 0.2) is 11.4 Å². The molecule has 4 amide bonds. The smallest absolute Gasteiger partial charge is 0.416 e. The van der Waals surface area contributed by atoms with Crippen molar-refractivity contribution in [1.82, 2.24) is 24.6 Å². The lowest BCUT2D eigenvalue weighted by atomic mass is 10.2. The number of benzene rings is 1. The molecule has 4 aromatic rings. The number of likely N-dealkylation sites (N-methyl/N-ethyl adjacent to an activating group) is 1. The number of carbonyl (C=O) groups excluding carboxylic acids is 4. The predicted octanol–water partition coefficient (Wildman–Crippen LogP) is 3.49. The van der Waals surface area contributed by atoms with Gasteiger partial charge in [-0.1, -0.05) is 0 Å². The normalized spacial score (nSPS) is 12.8. The largest absolute Gasteiger partial charge is 0.444 e. The lowest BCUT2D eigenvalue weighted by Gasteiger charge is -2.27. The third-order valence-corrected chi connectivity index (χ3v) is 7.11. The van der Waals surface area contributed by atoms with Crippen LogP contribution in [0.1, 0.15) is 64.9 Å². The van der Waals surface area contributed by atoms with Crippen LogP contribution < -0.4 is 16.0 Å². The Hall–Kier alpha value is -5.57. The molecule has 1 aliphatic rings. The Labute approximate surface area is 270 Å². The zero-order valence-corrected chi connectivity index (χ0v) is 26.5. The molecule has 1 aromatic carbocycles. The number of nitrogens with two attached hydrogens (primary N) is 1. The van der Waals surface area contributed by atoms with Crippen molar-refractivity contribution in [2.45, 2.75) is 39.2 Å². The van der Waals surface area contributed by atoms with Crippen molar-refractivity contribution in [2.75, 3.05) is 37.0 Å². The van der Waals surface area contributed by atoms with E-state index in [2.05, 4.69) is 20.4 Å². The second kappa shape index (κ2) is 13.4. The average Bonchev–Trinajstić information content (AvgIpc) is 3.53. The highest BCUT2D eigenvalue weighted by Crippen LogP contribution is 2.33. The molecule has 0 saturated heterocycles. The fourth-order valence-corrected chi connectivity index (χ4v) is 4.54. The molecule has 0 spiro atoms. The second-order valence-corrected chi connectivity index (χ2v) is 12.1. The van der Waals surface area contributed by atoms with E-state index in [1.807, 2.05) is 0 Å². The number of hydrogen-bond donors (Lipinski definition) is 3. The molecule has 3 aromatic heterocycles. The first-order chi connectivity index (χ1) is 22.3. The Balaban J connectivity index is 1.33. The van der Waals surface area contributed by atoms with Crippen molar-refractivity contribution in [1.29, 1.82) is 0 Å². The van der Waals surface area contributed by atoms with Crippen molar-refractivity contribution in [3.8, 4) is 17.1 Å². The maximum absolute atomic E-state index is 13.2. The van der Waals surface area contributed by atoms with Crippen LogP contribution in [-0.2, 0) is 4.74 Å². The van der Waals surface area contributed by atoms with Crippen LogP contribution in [-0.4, -0.2) is 85.9 Å². The summed E-state index contributed by atoms with van der Waals surface area (Å²) in [5, 5.41) is 15.9. The molecule has 0 unspecified atom stereocenters. The van der Waals surface area contributed by atoms with Gasteiger partial charge in [-0.2, -0.15) is 5.10 Å². The van der Waals surface area contributed by atoms with Gasteiger partial charge in [-0.15, -0.1) is 0 Å². The van der Waals surface area contributed by atoms with E-state index in [4.69, 9.17) is 20.0 Å². The molecule has 15 heteroatoms. The number of amides is 4. The molecule has 5 rings (SSSR count). The Morgan fingerprint density at radius 3 is 2.51 bits per heavy atom. The van der Waals surface area contributed by atoms with Gasteiger partial charge in [-0.3, -0.25) is 19.3 Å². The number of pyridine rings is 1. The fraction of sp³-hybridized carbons (Fsp3) is 0.344. The molecule has 4 N–H and O–H groups in total. The lowest BCUT2D eigenvalue weighted by Crippen LogP contribution is -2.38. The van der Waals surface area contributed by atoms with Gasteiger partial charge in [0.1, 0.15) is 17.7 Å². The van der Waals surface area contributed by atoms with E-state index in [1.54, 1.807) is 64.2 Å². The molecule has 0 aliphatic heterocycles. The quantitative estimate of drug-likeness (QED) is 0.217. The number of rotatable bonds is 11. The SMILES string of the molecule is CN(CCO)C(=O)c1ccc(-n2cc(NC(=O)c3coc(-c4ccnc(N(CC5CC5)C(=O)OC(C)(C)C)c4)n3)c(C(N)=O)n2)cc1. The third kappa shape index (κ3) is 7.99. The van der Waals surface area contributed by atoms with Crippen molar-refractivity contribution >= 4 is 35.3 Å². The maximum Gasteiger partial charge on any atom is 0.416 e. The van der Waals surface area contributed by atoms with Crippen LogP contribution in [0.15, 0.2) is 59.5 Å². The van der Waals surface area contributed by atoms with E-state index < -0.39 is 23.5 Å². The Morgan fingerprint density at radius 1 is 1.15 bits per heavy atom. The van der Waals surface area contributed by atoms with E-state index in [1.165, 1.54) is 33.1 Å². The molecule has 1 aliphatic carbocycles. The minimum absolute atomic E-state index is 0.0363. The number of aliphatic hydroxyl groups is 1. The van der Waals surface area contributed by atoms with Gasteiger partial charge in [-0.25, -0.2) is 19.4 Å². The molecular formula is C32H36N8O7. The van der Waals surface area contributed by atoms with Gasteiger partial charge in [0.2, 0.25) is 5.89 Å². The summed E-state index contributed by atoms with van der Waals surface area (Å²) in [6.07, 6.45) is 5.62. The van der Waals surface area contributed by atoms with E-state index in [0.29, 0.717) is 35.1 Å². The third-order valence-electron chi connectivity index (χ3n) is 7.11. The molecule has 0 bridgehead atoms. The summed E-state index contributed by atoms with van der Waals surface area (Å²) in [5.74, 6) is -0.992. The van der Waals surface area contributed by atoms with Crippen LogP contribution in [0.5, 0.6) is 0 Å². The predicted molar refractivity (Wildman–Crippen MR) is 170 cm³/mol. The number of aliphatic hydroxyl groups excluding tert-OH is 1. The van der Waals surface area contributed by atoms with Gasteiger partial charge in [-0.05, 0) is 75.9 Å². The number of aromatic nitrogens is 4. The van der Waals surface area contributed by atoms with Gasteiger partial charge in [0.25, 0.3) is 17.7 Å². The Morgan fingerprint density at radius 2 is 1.87 bits per heavy atom. The molecule has 246 valence electrons. The molecule has 3 heterocycles. The first-order valence-electron chi connectivity index (χ1n) is 14.9. The number of oxazole rings is 1. The van der Waals surface area contributed by atoms with Crippen LogP contribution in [0.2, 0.25) is 0 Å². The molecular weight excluding hydrogens is 608 g/mol. The summed E-state index contributed by atoms with van der Waals surface area (Å²) in [5.41, 5.74) is 5.98. The number of anilines is 2. The van der Waals surface area contributed by atoms with Crippen molar-refractivity contribution < 1.29 is 33.4 Å². The summed E-state index contributed by atoms with van der Waals surface area (Å²) in [6.45, 7) is 5.88. The van der Waals surface area contributed by atoms with Gasteiger partial charge in [0.05, 0.1) is 24.2 Å². The second-order valence-electron chi connectivity index (χ2n) is 12.1. The highest BCUT2D eigenvalue weighted by molar-refractivity contribution is 6.07. The van der Waals surface area contributed by atoms with E-state index in [9.17, 15) is 19.2 Å². The zero-order chi connectivity index (χ0) is 33.9. The minimum atomic E-state index is -0.873. The van der Waals surface area contributed by atoms with Gasteiger partial charge < -0.3 is 30.2 Å². The van der Waals surface area contributed by atoms with Crippen molar-refractivity contribution in [3.63, 3.8) is 0 Å². The Kier molecular flexibility index (Phi) is 9.37.